The van der Waals surface area contributed by atoms with Crippen molar-refractivity contribution in [1.29, 1.82) is 0 Å². The van der Waals surface area contributed by atoms with Crippen molar-refractivity contribution in [2.75, 3.05) is 5.32 Å². The van der Waals surface area contributed by atoms with Gasteiger partial charge in [0.1, 0.15) is 10.8 Å². The Morgan fingerprint density at radius 1 is 0.939 bits per heavy atom. The van der Waals surface area contributed by atoms with Crippen LogP contribution in [0.1, 0.15) is 21.5 Å². The van der Waals surface area contributed by atoms with Gasteiger partial charge in [-0.3, -0.25) is 9.48 Å². The molecule has 0 saturated carbocycles. The van der Waals surface area contributed by atoms with Crippen LogP contribution in [0.3, 0.4) is 0 Å². The average molecular weight is 489 g/mol. The number of nitrogens with one attached hydrogen (secondary N) is 1. The number of rotatable bonds is 7. The van der Waals surface area contributed by atoms with Crippen molar-refractivity contribution >= 4 is 40.7 Å². The molecule has 0 atom stereocenters. The zero-order valence-corrected chi connectivity index (χ0v) is 18.3. The normalized spacial score (nSPS) is 10.9. The lowest BCUT2D eigenvalue weighted by molar-refractivity contribution is -0.389. The number of hydrogen-bond acceptors (Lipinski definition) is 5. The summed E-state index contributed by atoms with van der Waals surface area (Å²) in [6.07, 6.45) is 2.93. The number of amides is 1. The van der Waals surface area contributed by atoms with Crippen LogP contribution in [0.25, 0.3) is 0 Å². The van der Waals surface area contributed by atoms with Crippen LogP contribution in [0.15, 0.2) is 60.9 Å². The summed E-state index contributed by atoms with van der Waals surface area (Å²) in [6, 6.07) is 12.6. The number of aromatic nitrogens is 4. The van der Waals surface area contributed by atoms with E-state index >= 15 is 0 Å². The molecule has 12 heteroatoms. The van der Waals surface area contributed by atoms with Crippen molar-refractivity contribution < 1.29 is 14.1 Å². The summed E-state index contributed by atoms with van der Waals surface area (Å²) in [5.74, 6) is -0.950. The fourth-order valence-electron chi connectivity index (χ4n) is 3.06. The Balaban J connectivity index is 1.40. The molecule has 0 saturated heterocycles. The molecule has 0 aliphatic carbocycles. The van der Waals surface area contributed by atoms with Crippen LogP contribution < -0.4 is 5.32 Å². The van der Waals surface area contributed by atoms with Gasteiger partial charge < -0.3 is 15.4 Å². The van der Waals surface area contributed by atoms with Gasteiger partial charge in [-0.1, -0.05) is 47.5 Å². The Hall–Kier alpha value is -3.76. The largest absolute Gasteiger partial charge is 0.408 e. The number of carbonyl (C=O) groups excluding carboxylic acids is 1. The van der Waals surface area contributed by atoms with Gasteiger partial charge in [0.05, 0.1) is 24.4 Å². The fraction of sp³-hybridized carbons (Fsp3) is 0.0952. The molecule has 4 rings (SSSR count). The first-order valence-corrected chi connectivity index (χ1v) is 10.3. The van der Waals surface area contributed by atoms with E-state index in [0.29, 0.717) is 12.1 Å². The van der Waals surface area contributed by atoms with Crippen molar-refractivity contribution in [3.63, 3.8) is 0 Å². The van der Waals surface area contributed by atoms with Gasteiger partial charge in [0.25, 0.3) is 5.91 Å². The summed E-state index contributed by atoms with van der Waals surface area (Å²) in [5.41, 5.74) is 1.96. The van der Waals surface area contributed by atoms with E-state index < -0.39 is 16.6 Å². The van der Waals surface area contributed by atoms with Crippen molar-refractivity contribution in [1.82, 2.24) is 19.6 Å². The number of benzene rings is 2. The van der Waals surface area contributed by atoms with Crippen molar-refractivity contribution in [3.05, 3.63) is 104 Å². The molecular formula is C21H15Cl2FN6O3. The molecule has 0 aliphatic rings. The predicted molar refractivity (Wildman–Crippen MR) is 120 cm³/mol. The highest BCUT2D eigenvalue weighted by Crippen LogP contribution is 2.23. The lowest BCUT2D eigenvalue weighted by Crippen LogP contribution is -2.13. The topological polar surface area (TPSA) is 108 Å². The highest BCUT2D eigenvalue weighted by Gasteiger charge is 2.19. The highest BCUT2D eigenvalue weighted by atomic mass is 35.5. The van der Waals surface area contributed by atoms with E-state index in [1.807, 2.05) is 0 Å². The van der Waals surface area contributed by atoms with E-state index in [-0.39, 0.29) is 28.2 Å². The van der Waals surface area contributed by atoms with Crippen LogP contribution in [0.5, 0.6) is 0 Å². The van der Waals surface area contributed by atoms with E-state index in [0.717, 1.165) is 11.1 Å². The first-order valence-electron chi connectivity index (χ1n) is 9.53. The second kappa shape index (κ2) is 9.39. The van der Waals surface area contributed by atoms with Gasteiger partial charge in [-0.15, -0.1) is 0 Å². The predicted octanol–water partition coefficient (Wildman–Crippen LogP) is 4.78. The van der Waals surface area contributed by atoms with Crippen LogP contribution in [0.4, 0.5) is 16.0 Å². The Bertz CT molecular complexity index is 1320. The molecule has 0 unspecified atom stereocenters. The van der Waals surface area contributed by atoms with Crippen LogP contribution >= 0.6 is 23.2 Å². The van der Waals surface area contributed by atoms with Crippen molar-refractivity contribution in [3.8, 4) is 0 Å². The van der Waals surface area contributed by atoms with E-state index in [1.165, 1.54) is 23.0 Å². The third-order valence-electron chi connectivity index (χ3n) is 4.64. The van der Waals surface area contributed by atoms with Gasteiger partial charge in [-0.05, 0) is 40.3 Å². The van der Waals surface area contributed by atoms with Gasteiger partial charge in [-0.25, -0.2) is 4.39 Å². The van der Waals surface area contributed by atoms with E-state index in [2.05, 4.69) is 15.5 Å². The SMILES string of the molecule is O=C(Nc1nn(Cc2ccc(F)cc2)cc1Cl)c1ccc(Cn2cc(Cl)c([N+](=O)[O-])n2)cc1. The quantitative estimate of drug-likeness (QED) is 0.297. The minimum atomic E-state index is -0.654. The molecule has 4 aromatic rings. The highest BCUT2D eigenvalue weighted by molar-refractivity contribution is 6.33. The number of carbonyl (C=O) groups is 1. The molecular weight excluding hydrogens is 474 g/mol. The first kappa shape index (κ1) is 22.4. The second-order valence-electron chi connectivity index (χ2n) is 7.06. The Morgan fingerprint density at radius 2 is 1.48 bits per heavy atom. The molecule has 9 nitrogen and oxygen atoms in total. The Kier molecular flexibility index (Phi) is 6.38. The molecule has 2 aromatic heterocycles. The summed E-state index contributed by atoms with van der Waals surface area (Å²) in [7, 11) is 0. The lowest BCUT2D eigenvalue weighted by atomic mass is 10.1. The second-order valence-corrected chi connectivity index (χ2v) is 7.87. The van der Waals surface area contributed by atoms with Gasteiger partial charge in [-0.2, -0.15) is 9.78 Å². The number of nitro groups is 1. The van der Waals surface area contributed by atoms with Crippen LogP contribution in [0.2, 0.25) is 10.0 Å². The van der Waals surface area contributed by atoms with Crippen molar-refractivity contribution in [2.24, 2.45) is 0 Å². The van der Waals surface area contributed by atoms with E-state index in [4.69, 9.17) is 23.2 Å². The van der Waals surface area contributed by atoms with Gasteiger partial charge >= 0.3 is 5.82 Å². The van der Waals surface area contributed by atoms with E-state index in [9.17, 15) is 19.3 Å². The maximum absolute atomic E-state index is 13.1. The molecule has 2 aromatic carbocycles. The summed E-state index contributed by atoms with van der Waals surface area (Å²) in [4.78, 5) is 22.8. The number of halogens is 3. The van der Waals surface area contributed by atoms with Crippen molar-refractivity contribution in [2.45, 2.75) is 13.1 Å². The zero-order chi connectivity index (χ0) is 23.5. The van der Waals surface area contributed by atoms with Gasteiger partial charge in [0, 0.05) is 11.8 Å². The third-order valence-corrected chi connectivity index (χ3v) is 5.18. The number of hydrogen-bond donors (Lipinski definition) is 1. The summed E-state index contributed by atoms with van der Waals surface area (Å²) < 4.78 is 15.9. The third kappa shape index (κ3) is 5.36. The molecule has 168 valence electrons. The molecule has 0 spiro atoms. The minimum Gasteiger partial charge on any atom is -0.358 e. The van der Waals surface area contributed by atoms with Crippen LogP contribution in [0, 0.1) is 15.9 Å². The van der Waals surface area contributed by atoms with Crippen LogP contribution in [-0.2, 0) is 13.1 Å². The smallest absolute Gasteiger partial charge is 0.358 e. The molecule has 0 aliphatic heterocycles. The maximum Gasteiger partial charge on any atom is 0.408 e. The maximum atomic E-state index is 13.1. The summed E-state index contributed by atoms with van der Waals surface area (Å²) >= 11 is 12.0. The van der Waals surface area contributed by atoms with Gasteiger partial charge in [0.15, 0.2) is 10.8 Å². The first-order chi connectivity index (χ1) is 15.8. The summed E-state index contributed by atoms with van der Waals surface area (Å²) in [6.45, 7) is 0.606. The lowest BCUT2D eigenvalue weighted by Gasteiger charge is -2.05. The molecule has 33 heavy (non-hydrogen) atoms. The summed E-state index contributed by atoms with van der Waals surface area (Å²) in [5, 5.41) is 21.8. The Morgan fingerprint density at radius 3 is 2.06 bits per heavy atom. The molecule has 0 fully saturated rings. The standard InChI is InChI=1S/C21H15Cl2FN6O3/c22-17-11-28(9-14-3-7-16(24)8-4-14)26-19(17)25-21(31)15-5-1-13(2-6-15)10-29-12-18(23)20(27-29)30(32)33/h1-8,11-12H,9-10H2,(H,25,26,31). The minimum absolute atomic E-state index is 0.0493. The molecule has 2 heterocycles. The number of nitrogens with zero attached hydrogens (tertiary/aromatic N) is 5. The molecule has 1 N–H and O–H groups in total. The van der Waals surface area contributed by atoms with Gasteiger partial charge in [0.2, 0.25) is 0 Å². The van der Waals surface area contributed by atoms with Crippen LogP contribution in [-0.4, -0.2) is 30.4 Å². The zero-order valence-electron chi connectivity index (χ0n) is 16.8. The molecule has 0 bridgehead atoms. The van der Waals surface area contributed by atoms with E-state index in [1.54, 1.807) is 47.3 Å². The molecule has 0 radical (unpaired) electrons. The fourth-order valence-corrected chi connectivity index (χ4v) is 3.48. The molecule has 1 amide bonds. The monoisotopic (exact) mass is 488 g/mol. The average Bonchev–Trinajstić information content (AvgIpc) is 3.31. The Labute approximate surface area is 196 Å². The number of anilines is 1.